The largest absolute Gasteiger partial charge is 0.379 e. The maximum absolute atomic E-state index is 12.2. The molecule has 0 heterocycles. The van der Waals surface area contributed by atoms with Crippen LogP contribution in [-0.2, 0) is 10.1 Å². The molecular weight excluding hydrogens is 352 g/mol. The van der Waals surface area contributed by atoms with Gasteiger partial charge in [0.15, 0.2) is 0 Å². The molecule has 0 N–H and O–H groups in total. The summed E-state index contributed by atoms with van der Waals surface area (Å²) in [6.45, 7) is 0. The van der Waals surface area contributed by atoms with Crippen molar-refractivity contribution in [3.05, 3.63) is 71.2 Å². The number of halogens is 1. The molecule has 0 spiro atoms. The van der Waals surface area contributed by atoms with Gasteiger partial charge in [-0.05, 0) is 41.1 Å². The summed E-state index contributed by atoms with van der Waals surface area (Å²) in [6, 6.07) is 19.1. The zero-order chi connectivity index (χ0) is 14.9. The highest BCUT2D eigenvalue weighted by atomic mass is 79.9. The molecule has 0 bridgehead atoms. The van der Waals surface area contributed by atoms with Crippen LogP contribution in [0.3, 0.4) is 0 Å². The Bertz CT molecular complexity index is 890. The van der Waals surface area contributed by atoms with Gasteiger partial charge in [-0.3, -0.25) is 0 Å². The Balaban J connectivity index is 2.01. The topological polar surface area (TPSA) is 43.4 Å². The smallest absolute Gasteiger partial charge is 0.339 e. The summed E-state index contributed by atoms with van der Waals surface area (Å²) in [6.07, 6.45) is 0. The van der Waals surface area contributed by atoms with Crippen LogP contribution in [0, 0.1) is 0 Å². The normalized spacial score (nSPS) is 11.5. The van der Waals surface area contributed by atoms with E-state index >= 15 is 0 Å². The number of fused-ring (bicyclic) bond motifs is 1. The van der Waals surface area contributed by atoms with Crippen molar-refractivity contribution in [2.45, 2.75) is 4.90 Å². The highest BCUT2D eigenvalue weighted by Gasteiger charge is 2.16. The zero-order valence-corrected chi connectivity index (χ0v) is 13.3. The minimum Gasteiger partial charge on any atom is -0.379 e. The molecule has 0 aliphatic carbocycles. The molecule has 0 saturated heterocycles. The van der Waals surface area contributed by atoms with Gasteiger partial charge in [-0.1, -0.05) is 52.3 Å². The van der Waals surface area contributed by atoms with Crippen molar-refractivity contribution in [2.24, 2.45) is 0 Å². The van der Waals surface area contributed by atoms with Crippen molar-refractivity contribution in [2.75, 3.05) is 0 Å². The predicted octanol–water partition coefficient (Wildman–Crippen LogP) is 4.37. The highest BCUT2D eigenvalue weighted by Crippen LogP contribution is 2.29. The molecule has 0 aliphatic rings. The number of benzene rings is 3. The first-order chi connectivity index (χ1) is 10.1. The molecule has 5 heteroatoms. The van der Waals surface area contributed by atoms with Crippen LogP contribution in [0.15, 0.2) is 76.1 Å². The van der Waals surface area contributed by atoms with Gasteiger partial charge in [0.1, 0.15) is 10.6 Å². The first-order valence-corrected chi connectivity index (χ1v) is 8.44. The van der Waals surface area contributed by atoms with Gasteiger partial charge in [-0.2, -0.15) is 8.42 Å². The molecule has 0 atom stereocenters. The second-order valence-corrected chi connectivity index (χ2v) is 6.87. The van der Waals surface area contributed by atoms with E-state index in [1.54, 1.807) is 30.3 Å². The summed E-state index contributed by atoms with van der Waals surface area (Å²) in [5.74, 6) is 0.290. The fourth-order valence-electron chi connectivity index (χ4n) is 2.03. The highest BCUT2D eigenvalue weighted by molar-refractivity contribution is 9.10. The van der Waals surface area contributed by atoms with Gasteiger partial charge in [0.2, 0.25) is 0 Å². The fraction of sp³-hybridized carbons (Fsp3) is 0. The summed E-state index contributed by atoms with van der Waals surface area (Å²) in [7, 11) is -3.81. The third-order valence-corrected chi connectivity index (χ3v) is 4.99. The first-order valence-electron chi connectivity index (χ1n) is 6.24. The van der Waals surface area contributed by atoms with E-state index in [1.807, 2.05) is 24.3 Å². The molecule has 106 valence electrons. The van der Waals surface area contributed by atoms with E-state index in [9.17, 15) is 8.42 Å². The molecule has 3 nitrogen and oxygen atoms in total. The summed E-state index contributed by atoms with van der Waals surface area (Å²) < 4.78 is 30.5. The average molecular weight is 363 g/mol. The summed E-state index contributed by atoms with van der Waals surface area (Å²) in [4.78, 5) is 0.136. The summed E-state index contributed by atoms with van der Waals surface area (Å²) in [5, 5.41) is 1.91. The van der Waals surface area contributed by atoms with Crippen molar-refractivity contribution in [1.29, 1.82) is 0 Å². The van der Waals surface area contributed by atoms with Gasteiger partial charge in [-0.25, -0.2) is 0 Å². The van der Waals surface area contributed by atoms with Gasteiger partial charge >= 0.3 is 10.1 Å². The number of hydrogen-bond donors (Lipinski definition) is 0. The Morgan fingerprint density at radius 2 is 1.62 bits per heavy atom. The van der Waals surface area contributed by atoms with Gasteiger partial charge < -0.3 is 4.18 Å². The molecule has 3 rings (SSSR count). The van der Waals surface area contributed by atoms with Crippen LogP contribution < -0.4 is 4.18 Å². The minimum atomic E-state index is -3.81. The van der Waals surface area contributed by atoms with E-state index in [-0.39, 0.29) is 4.90 Å². The summed E-state index contributed by atoms with van der Waals surface area (Å²) >= 11 is 3.45. The van der Waals surface area contributed by atoms with Crippen LogP contribution in [-0.4, -0.2) is 8.42 Å². The molecule has 0 unspecified atom stereocenters. The van der Waals surface area contributed by atoms with Gasteiger partial charge in [0.05, 0.1) is 0 Å². The molecule has 0 radical (unpaired) electrons. The SMILES string of the molecule is O=S(=O)(Oc1ccc2cccc(Br)c2c1)c1ccccc1. The van der Waals surface area contributed by atoms with E-state index < -0.39 is 10.1 Å². The second kappa shape index (κ2) is 5.50. The van der Waals surface area contributed by atoms with Gasteiger partial charge in [0, 0.05) is 4.47 Å². The third kappa shape index (κ3) is 2.94. The quantitative estimate of drug-likeness (QED) is 0.649. The van der Waals surface area contributed by atoms with Crippen molar-refractivity contribution in [1.82, 2.24) is 0 Å². The molecule has 3 aromatic carbocycles. The molecule has 0 saturated carbocycles. The van der Waals surface area contributed by atoms with E-state index in [2.05, 4.69) is 15.9 Å². The lowest BCUT2D eigenvalue weighted by molar-refractivity contribution is 0.486. The van der Waals surface area contributed by atoms with E-state index in [1.165, 1.54) is 12.1 Å². The standard InChI is InChI=1S/C16H11BrO3S/c17-16-8-4-5-12-9-10-13(11-15(12)16)20-21(18,19)14-6-2-1-3-7-14/h1-11H. The molecule has 0 aliphatic heterocycles. The zero-order valence-electron chi connectivity index (χ0n) is 10.9. The monoisotopic (exact) mass is 362 g/mol. The third-order valence-electron chi connectivity index (χ3n) is 3.04. The number of hydrogen-bond acceptors (Lipinski definition) is 3. The molecule has 21 heavy (non-hydrogen) atoms. The first kappa shape index (κ1) is 14.1. The van der Waals surface area contributed by atoms with Crippen LogP contribution in [0.25, 0.3) is 10.8 Å². The van der Waals surface area contributed by atoms with Crippen molar-refractivity contribution < 1.29 is 12.6 Å². The van der Waals surface area contributed by atoms with Crippen LogP contribution >= 0.6 is 15.9 Å². The lowest BCUT2D eigenvalue weighted by atomic mass is 10.1. The summed E-state index contributed by atoms with van der Waals surface area (Å²) in [5.41, 5.74) is 0. The second-order valence-electron chi connectivity index (χ2n) is 4.47. The average Bonchev–Trinajstić information content (AvgIpc) is 2.49. The lowest BCUT2D eigenvalue weighted by Gasteiger charge is -2.08. The Hall–Kier alpha value is -1.85. The van der Waals surface area contributed by atoms with Crippen LogP contribution in [0.2, 0.25) is 0 Å². The molecule has 0 aromatic heterocycles. The Morgan fingerprint density at radius 1 is 0.857 bits per heavy atom. The van der Waals surface area contributed by atoms with E-state index in [0.717, 1.165) is 15.2 Å². The van der Waals surface area contributed by atoms with Crippen LogP contribution in [0.5, 0.6) is 5.75 Å². The number of rotatable bonds is 3. The maximum Gasteiger partial charge on any atom is 0.339 e. The predicted molar refractivity (Wildman–Crippen MR) is 85.9 cm³/mol. The lowest BCUT2D eigenvalue weighted by Crippen LogP contribution is -2.09. The molecule has 0 amide bonds. The molecular formula is C16H11BrO3S. The Morgan fingerprint density at radius 3 is 2.38 bits per heavy atom. The van der Waals surface area contributed by atoms with Gasteiger partial charge in [0.25, 0.3) is 0 Å². The van der Waals surface area contributed by atoms with Crippen molar-refractivity contribution >= 4 is 36.8 Å². The molecule has 3 aromatic rings. The van der Waals surface area contributed by atoms with Crippen LogP contribution in [0.1, 0.15) is 0 Å². The Kier molecular flexibility index (Phi) is 3.69. The van der Waals surface area contributed by atoms with E-state index in [4.69, 9.17) is 4.18 Å². The van der Waals surface area contributed by atoms with Gasteiger partial charge in [-0.15, -0.1) is 0 Å². The van der Waals surface area contributed by atoms with E-state index in [0.29, 0.717) is 5.75 Å². The van der Waals surface area contributed by atoms with Crippen LogP contribution in [0.4, 0.5) is 0 Å². The van der Waals surface area contributed by atoms with Crippen molar-refractivity contribution in [3.63, 3.8) is 0 Å². The molecule has 0 fully saturated rings. The Labute approximate surface area is 131 Å². The maximum atomic E-state index is 12.2. The fourth-order valence-corrected chi connectivity index (χ4v) is 3.47. The minimum absolute atomic E-state index is 0.136. The van der Waals surface area contributed by atoms with Crippen molar-refractivity contribution in [3.8, 4) is 5.75 Å².